The Kier molecular flexibility index (Phi) is 3.36. The van der Waals surface area contributed by atoms with E-state index < -0.39 is 0 Å². The summed E-state index contributed by atoms with van der Waals surface area (Å²) in [6.07, 6.45) is 1.60. The van der Waals surface area contributed by atoms with E-state index >= 15 is 0 Å². The second kappa shape index (κ2) is 5.19. The van der Waals surface area contributed by atoms with Gasteiger partial charge in [-0.25, -0.2) is 5.84 Å². The van der Waals surface area contributed by atoms with Gasteiger partial charge in [-0.1, -0.05) is 11.6 Å². The first-order chi connectivity index (χ1) is 10.1. The molecule has 0 aliphatic heterocycles. The number of hydrogen-bond donors (Lipinski definition) is 3. The highest BCUT2D eigenvalue weighted by atomic mass is 35.5. The van der Waals surface area contributed by atoms with Crippen molar-refractivity contribution in [1.82, 2.24) is 20.2 Å². The zero-order chi connectivity index (χ0) is 15.0. The van der Waals surface area contributed by atoms with Gasteiger partial charge >= 0.3 is 0 Å². The summed E-state index contributed by atoms with van der Waals surface area (Å²) in [7, 11) is 0. The molecule has 7 nitrogen and oxygen atoms in total. The normalized spacial score (nSPS) is 10.9. The summed E-state index contributed by atoms with van der Waals surface area (Å²) in [5.41, 5.74) is 4.80. The van der Waals surface area contributed by atoms with Gasteiger partial charge in [0.2, 0.25) is 11.8 Å². The van der Waals surface area contributed by atoms with E-state index in [0.717, 1.165) is 16.1 Å². The van der Waals surface area contributed by atoms with Gasteiger partial charge in [0.25, 0.3) is 0 Å². The molecule has 0 saturated heterocycles. The number of ether oxygens (including phenoxy) is 1. The number of rotatable bonds is 3. The molecule has 0 atom stereocenters. The molecule has 0 spiro atoms. The Bertz CT molecular complexity index is 793. The minimum atomic E-state index is 0.240. The molecule has 1 aromatic carbocycles. The van der Waals surface area contributed by atoms with Crippen molar-refractivity contribution < 1.29 is 4.74 Å². The number of halogens is 1. The van der Waals surface area contributed by atoms with Gasteiger partial charge in [-0.2, -0.15) is 15.1 Å². The Morgan fingerprint density at radius 2 is 1.95 bits per heavy atom. The zero-order valence-corrected chi connectivity index (χ0v) is 12.2. The number of nitrogens with zero attached hydrogens (tertiary/aromatic N) is 3. The third kappa shape index (κ3) is 2.48. The molecule has 8 heteroatoms. The number of nitrogens with one attached hydrogen (secondary N) is 2. The number of nitrogens with two attached hydrogens (primary N) is 1. The molecule has 0 bridgehead atoms. The molecule has 0 aliphatic rings. The molecular formula is C13H13ClN6O. The van der Waals surface area contributed by atoms with Crippen molar-refractivity contribution in [3.05, 3.63) is 34.5 Å². The lowest BCUT2D eigenvalue weighted by molar-refractivity contribution is 0.468. The van der Waals surface area contributed by atoms with E-state index in [0.29, 0.717) is 22.7 Å². The van der Waals surface area contributed by atoms with Crippen molar-refractivity contribution in [2.24, 2.45) is 5.84 Å². The van der Waals surface area contributed by atoms with Crippen molar-refractivity contribution in [1.29, 1.82) is 0 Å². The number of aryl methyl sites for hydroxylation is 2. The summed E-state index contributed by atoms with van der Waals surface area (Å²) in [4.78, 5) is 8.35. The molecule has 2 heterocycles. The van der Waals surface area contributed by atoms with Gasteiger partial charge in [0.05, 0.1) is 6.20 Å². The van der Waals surface area contributed by atoms with Crippen LogP contribution in [-0.2, 0) is 0 Å². The van der Waals surface area contributed by atoms with Crippen LogP contribution in [0, 0.1) is 13.8 Å². The van der Waals surface area contributed by atoms with Gasteiger partial charge < -0.3 is 4.74 Å². The lowest BCUT2D eigenvalue weighted by Crippen LogP contribution is -2.10. The van der Waals surface area contributed by atoms with Crippen LogP contribution in [0.1, 0.15) is 11.1 Å². The standard InChI is InChI=1S/C13H13ClN6O/c1-6-3-8(4-7(2)10(6)14)21-12-9-5-16-20-11(9)17-13(18-12)19-15/h3-5H,15H2,1-2H3,(H2,16,17,18,19,20). The number of H-pyrrole nitrogens is 1. The van der Waals surface area contributed by atoms with Crippen LogP contribution in [0.4, 0.5) is 5.95 Å². The highest BCUT2D eigenvalue weighted by molar-refractivity contribution is 6.32. The number of anilines is 1. The van der Waals surface area contributed by atoms with Crippen LogP contribution in [-0.4, -0.2) is 20.2 Å². The highest BCUT2D eigenvalue weighted by Gasteiger charge is 2.12. The zero-order valence-electron chi connectivity index (χ0n) is 11.4. The number of fused-ring (bicyclic) bond motifs is 1. The van der Waals surface area contributed by atoms with Crippen LogP contribution in [0.5, 0.6) is 11.6 Å². The van der Waals surface area contributed by atoms with Crippen molar-refractivity contribution in [3.8, 4) is 11.6 Å². The smallest absolute Gasteiger partial charge is 0.242 e. The number of hydrazine groups is 1. The maximum Gasteiger partial charge on any atom is 0.242 e. The number of benzene rings is 1. The molecule has 0 unspecified atom stereocenters. The predicted octanol–water partition coefficient (Wildman–Crippen LogP) is 2.70. The molecule has 0 fully saturated rings. The van der Waals surface area contributed by atoms with Crippen molar-refractivity contribution in [2.75, 3.05) is 5.43 Å². The molecule has 21 heavy (non-hydrogen) atoms. The second-order valence-electron chi connectivity index (χ2n) is 4.60. The molecule has 2 aromatic heterocycles. The lowest BCUT2D eigenvalue weighted by atomic mass is 10.1. The maximum absolute atomic E-state index is 6.16. The van der Waals surface area contributed by atoms with Crippen LogP contribution >= 0.6 is 11.6 Å². The Balaban J connectivity index is 2.07. The summed E-state index contributed by atoms with van der Waals surface area (Å²) in [6.45, 7) is 3.84. The third-order valence-electron chi connectivity index (χ3n) is 3.03. The van der Waals surface area contributed by atoms with Crippen LogP contribution in [0.25, 0.3) is 11.0 Å². The van der Waals surface area contributed by atoms with Crippen LogP contribution in [0.2, 0.25) is 5.02 Å². The van der Waals surface area contributed by atoms with Crippen LogP contribution < -0.4 is 16.0 Å². The monoisotopic (exact) mass is 304 g/mol. The summed E-state index contributed by atoms with van der Waals surface area (Å²) in [5.74, 6) is 6.60. The van der Waals surface area contributed by atoms with E-state index in [9.17, 15) is 0 Å². The third-order valence-corrected chi connectivity index (χ3v) is 3.62. The fraction of sp³-hybridized carbons (Fsp3) is 0.154. The number of nitrogen functional groups attached to an aromatic ring is 1. The molecule has 0 radical (unpaired) electrons. The molecule has 0 amide bonds. The molecule has 0 aliphatic carbocycles. The van der Waals surface area contributed by atoms with Gasteiger partial charge in [0.15, 0.2) is 5.65 Å². The van der Waals surface area contributed by atoms with Gasteiger partial charge in [-0.3, -0.25) is 10.5 Å². The van der Waals surface area contributed by atoms with E-state index in [-0.39, 0.29) is 5.95 Å². The minimum Gasteiger partial charge on any atom is -0.438 e. The Morgan fingerprint density at radius 3 is 2.62 bits per heavy atom. The molecule has 0 saturated carbocycles. The molecule has 108 valence electrons. The highest BCUT2D eigenvalue weighted by Crippen LogP contribution is 2.31. The summed E-state index contributed by atoms with van der Waals surface area (Å²) in [6, 6.07) is 3.69. The lowest BCUT2D eigenvalue weighted by Gasteiger charge is -2.10. The number of aromatic amines is 1. The first-order valence-electron chi connectivity index (χ1n) is 6.21. The van der Waals surface area contributed by atoms with Crippen LogP contribution in [0.15, 0.2) is 18.3 Å². The first kappa shape index (κ1) is 13.6. The summed E-state index contributed by atoms with van der Waals surface area (Å²) < 4.78 is 5.84. The van der Waals surface area contributed by atoms with Crippen molar-refractivity contribution in [2.45, 2.75) is 13.8 Å². The van der Waals surface area contributed by atoms with E-state index in [1.807, 2.05) is 26.0 Å². The molecule has 4 N–H and O–H groups in total. The second-order valence-corrected chi connectivity index (χ2v) is 4.98. The van der Waals surface area contributed by atoms with E-state index in [1.54, 1.807) is 6.20 Å². The summed E-state index contributed by atoms with van der Waals surface area (Å²) >= 11 is 6.16. The van der Waals surface area contributed by atoms with Gasteiger partial charge in [-0.05, 0) is 37.1 Å². The van der Waals surface area contributed by atoms with Gasteiger partial charge in [0.1, 0.15) is 11.1 Å². The first-order valence-corrected chi connectivity index (χ1v) is 6.58. The topological polar surface area (TPSA) is 102 Å². The fourth-order valence-electron chi connectivity index (χ4n) is 2.03. The largest absolute Gasteiger partial charge is 0.438 e. The average molecular weight is 305 g/mol. The minimum absolute atomic E-state index is 0.240. The maximum atomic E-state index is 6.16. The fourth-order valence-corrected chi connectivity index (χ4v) is 2.14. The number of aromatic nitrogens is 4. The van der Waals surface area contributed by atoms with Crippen molar-refractivity contribution in [3.63, 3.8) is 0 Å². The van der Waals surface area contributed by atoms with E-state index in [1.165, 1.54) is 0 Å². The molecule has 3 aromatic rings. The van der Waals surface area contributed by atoms with E-state index in [4.69, 9.17) is 22.2 Å². The average Bonchev–Trinajstić information content (AvgIpc) is 2.93. The number of hydrogen-bond acceptors (Lipinski definition) is 6. The quantitative estimate of drug-likeness (QED) is 0.508. The Morgan fingerprint density at radius 1 is 1.24 bits per heavy atom. The Hall–Kier alpha value is -2.38. The molecule has 3 rings (SSSR count). The molecular weight excluding hydrogens is 292 g/mol. The van der Waals surface area contributed by atoms with Crippen molar-refractivity contribution >= 4 is 28.6 Å². The Labute approximate surface area is 125 Å². The van der Waals surface area contributed by atoms with E-state index in [2.05, 4.69) is 25.6 Å². The van der Waals surface area contributed by atoms with Gasteiger partial charge in [-0.15, -0.1) is 0 Å². The van der Waals surface area contributed by atoms with Gasteiger partial charge in [0, 0.05) is 5.02 Å². The van der Waals surface area contributed by atoms with Crippen LogP contribution in [0.3, 0.4) is 0 Å². The summed E-state index contributed by atoms with van der Waals surface area (Å²) in [5, 5.41) is 8.08. The predicted molar refractivity (Wildman–Crippen MR) is 80.5 cm³/mol. The SMILES string of the molecule is Cc1cc(Oc2nc(NN)nc3[nH]ncc23)cc(C)c1Cl.